The molecular formula is C23H22BrN3O4S2. The molecule has 0 saturated heterocycles. The number of thiocarbonyl (C=S) groups is 1. The van der Waals surface area contributed by atoms with E-state index in [4.69, 9.17) is 17.0 Å². The molecule has 0 spiro atoms. The topological polar surface area (TPSA) is 96.5 Å². The highest BCUT2D eigenvalue weighted by Gasteiger charge is 2.16. The summed E-state index contributed by atoms with van der Waals surface area (Å²) in [5.74, 6) is -0.0353. The monoisotopic (exact) mass is 547 g/mol. The molecule has 7 nitrogen and oxygen atoms in total. The van der Waals surface area contributed by atoms with Crippen LogP contribution in [0.25, 0.3) is 0 Å². The lowest BCUT2D eigenvalue weighted by Gasteiger charge is -2.13. The predicted octanol–water partition coefficient (Wildman–Crippen LogP) is 5.00. The molecule has 0 aliphatic heterocycles. The van der Waals surface area contributed by atoms with Gasteiger partial charge in [-0.1, -0.05) is 22.0 Å². The second-order valence-corrected chi connectivity index (χ2v) is 10.3. The van der Waals surface area contributed by atoms with Crippen molar-refractivity contribution in [1.29, 1.82) is 0 Å². The summed E-state index contributed by atoms with van der Waals surface area (Å²) in [5.41, 5.74) is 3.26. The number of carbonyl (C=O) groups excluding carboxylic acids is 1. The first-order chi connectivity index (χ1) is 15.6. The van der Waals surface area contributed by atoms with Gasteiger partial charge in [-0.2, -0.15) is 0 Å². The Hall–Kier alpha value is -2.95. The normalized spacial score (nSPS) is 10.9. The number of anilines is 2. The van der Waals surface area contributed by atoms with Crippen molar-refractivity contribution < 1.29 is 17.9 Å². The van der Waals surface area contributed by atoms with Crippen molar-refractivity contribution in [3.05, 3.63) is 81.8 Å². The fraction of sp³-hybridized carbons (Fsp3) is 0.130. The van der Waals surface area contributed by atoms with Crippen molar-refractivity contribution in [2.75, 3.05) is 17.1 Å². The Morgan fingerprint density at radius 2 is 1.58 bits per heavy atom. The van der Waals surface area contributed by atoms with E-state index in [9.17, 15) is 13.2 Å². The standard InChI is InChI=1S/C23H22BrN3O4S2/c1-14-10-15(2)12-18(11-14)27-33(29,30)19-7-5-17(6-8-19)25-23(32)26-22(28)20-13-16(24)4-9-21(20)31-3/h4-13,27H,1-3H3,(H2,25,26,28,32). The summed E-state index contributed by atoms with van der Waals surface area (Å²) in [6.07, 6.45) is 0. The maximum atomic E-state index is 12.7. The van der Waals surface area contributed by atoms with E-state index in [1.807, 2.05) is 19.9 Å². The first-order valence-corrected chi connectivity index (χ1v) is 12.4. The Bertz CT molecular complexity index is 1290. The highest BCUT2D eigenvalue weighted by Crippen LogP contribution is 2.23. The molecule has 0 atom stereocenters. The molecule has 1 amide bonds. The van der Waals surface area contributed by atoms with Gasteiger partial charge in [-0.25, -0.2) is 8.42 Å². The summed E-state index contributed by atoms with van der Waals surface area (Å²) >= 11 is 8.54. The van der Waals surface area contributed by atoms with Crippen molar-refractivity contribution in [2.24, 2.45) is 0 Å². The number of ether oxygens (including phenoxy) is 1. The van der Waals surface area contributed by atoms with Crippen LogP contribution in [0.4, 0.5) is 11.4 Å². The lowest BCUT2D eigenvalue weighted by Crippen LogP contribution is -2.34. The minimum Gasteiger partial charge on any atom is -0.496 e. The number of amides is 1. The molecule has 3 rings (SSSR count). The average Bonchev–Trinajstić information content (AvgIpc) is 2.73. The molecule has 0 aliphatic rings. The van der Waals surface area contributed by atoms with Crippen LogP contribution in [0.3, 0.4) is 0 Å². The summed E-state index contributed by atoms with van der Waals surface area (Å²) in [5, 5.41) is 5.52. The zero-order valence-corrected chi connectivity index (χ0v) is 21.3. The smallest absolute Gasteiger partial charge is 0.261 e. The van der Waals surface area contributed by atoms with Gasteiger partial charge in [-0.05, 0) is 91.8 Å². The SMILES string of the molecule is COc1ccc(Br)cc1C(=O)NC(=S)Nc1ccc(S(=O)(=O)Nc2cc(C)cc(C)c2)cc1. The van der Waals surface area contributed by atoms with Gasteiger partial charge in [0.1, 0.15) is 5.75 Å². The molecule has 0 aromatic heterocycles. The van der Waals surface area contributed by atoms with Crippen LogP contribution in [-0.4, -0.2) is 26.5 Å². The Kier molecular flexibility index (Phi) is 7.72. The summed E-state index contributed by atoms with van der Waals surface area (Å²) in [4.78, 5) is 12.7. The molecule has 0 fully saturated rings. The minimum atomic E-state index is -3.76. The number of nitrogens with one attached hydrogen (secondary N) is 3. The van der Waals surface area contributed by atoms with Crippen LogP contribution < -0.4 is 20.1 Å². The number of methoxy groups -OCH3 is 1. The van der Waals surface area contributed by atoms with E-state index in [1.165, 1.54) is 19.2 Å². The van der Waals surface area contributed by atoms with Crippen molar-refractivity contribution in [3.63, 3.8) is 0 Å². The van der Waals surface area contributed by atoms with Crippen molar-refractivity contribution in [3.8, 4) is 5.75 Å². The number of benzene rings is 3. The number of carbonyl (C=O) groups is 1. The maximum absolute atomic E-state index is 12.7. The number of halogens is 1. The highest BCUT2D eigenvalue weighted by molar-refractivity contribution is 9.10. The largest absolute Gasteiger partial charge is 0.496 e. The van der Waals surface area contributed by atoms with Gasteiger partial charge in [0.2, 0.25) is 0 Å². The maximum Gasteiger partial charge on any atom is 0.261 e. The number of hydrogen-bond acceptors (Lipinski definition) is 5. The van der Waals surface area contributed by atoms with Gasteiger partial charge in [0.25, 0.3) is 15.9 Å². The average molecular weight is 548 g/mol. The molecular weight excluding hydrogens is 526 g/mol. The Balaban J connectivity index is 1.67. The Morgan fingerprint density at radius 1 is 0.939 bits per heavy atom. The van der Waals surface area contributed by atoms with Gasteiger partial charge in [-0.3, -0.25) is 14.8 Å². The van der Waals surface area contributed by atoms with E-state index in [-0.39, 0.29) is 10.0 Å². The van der Waals surface area contributed by atoms with Gasteiger partial charge in [-0.15, -0.1) is 0 Å². The molecule has 172 valence electrons. The van der Waals surface area contributed by atoms with E-state index in [1.54, 1.807) is 42.5 Å². The molecule has 0 aliphatic carbocycles. The van der Waals surface area contributed by atoms with Crippen LogP contribution in [-0.2, 0) is 10.0 Å². The Labute approximate surface area is 206 Å². The third-order valence-electron chi connectivity index (χ3n) is 4.53. The van der Waals surface area contributed by atoms with Crippen LogP contribution in [0.2, 0.25) is 0 Å². The lowest BCUT2D eigenvalue weighted by atomic mass is 10.1. The van der Waals surface area contributed by atoms with Gasteiger partial charge in [0.05, 0.1) is 17.6 Å². The van der Waals surface area contributed by atoms with Crippen LogP contribution in [0, 0.1) is 13.8 Å². The molecule has 0 bridgehead atoms. The molecule has 3 N–H and O–H groups in total. The highest BCUT2D eigenvalue weighted by atomic mass is 79.9. The predicted molar refractivity (Wildman–Crippen MR) is 138 cm³/mol. The van der Waals surface area contributed by atoms with Crippen molar-refractivity contribution in [1.82, 2.24) is 5.32 Å². The summed E-state index contributed by atoms with van der Waals surface area (Å²) in [7, 11) is -2.28. The van der Waals surface area contributed by atoms with Gasteiger partial charge < -0.3 is 10.1 Å². The van der Waals surface area contributed by atoms with E-state index in [0.717, 1.165) is 15.6 Å². The van der Waals surface area contributed by atoms with Crippen LogP contribution in [0.15, 0.2) is 70.0 Å². The van der Waals surface area contributed by atoms with Crippen molar-refractivity contribution in [2.45, 2.75) is 18.7 Å². The van der Waals surface area contributed by atoms with Crippen LogP contribution in [0.5, 0.6) is 5.75 Å². The summed E-state index contributed by atoms with van der Waals surface area (Å²) in [6, 6.07) is 16.6. The van der Waals surface area contributed by atoms with E-state index in [0.29, 0.717) is 22.7 Å². The minimum absolute atomic E-state index is 0.0611. The molecule has 0 radical (unpaired) electrons. The zero-order chi connectivity index (χ0) is 24.2. The lowest BCUT2D eigenvalue weighted by molar-refractivity contribution is 0.0974. The van der Waals surface area contributed by atoms with E-state index < -0.39 is 15.9 Å². The quantitative estimate of drug-likeness (QED) is 0.375. The molecule has 0 saturated carbocycles. The number of rotatable bonds is 6. The van der Waals surface area contributed by atoms with Crippen LogP contribution >= 0.6 is 28.1 Å². The number of sulfonamides is 1. The number of hydrogen-bond donors (Lipinski definition) is 3. The molecule has 3 aromatic carbocycles. The van der Waals surface area contributed by atoms with E-state index >= 15 is 0 Å². The van der Waals surface area contributed by atoms with E-state index in [2.05, 4.69) is 31.3 Å². The first kappa shape index (κ1) is 24.7. The summed E-state index contributed by atoms with van der Waals surface area (Å²) < 4.78 is 34.0. The molecule has 0 unspecified atom stereocenters. The second kappa shape index (κ2) is 10.3. The third-order valence-corrected chi connectivity index (χ3v) is 6.62. The third kappa shape index (κ3) is 6.53. The zero-order valence-electron chi connectivity index (χ0n) is 18.1. The molecule has 3 aromatic rings. The Morgan fingerprint density at radius 3 is 2.18 bits per heavy atom. The first-order valence-electron chi connectivity index (χ1n) is 9.74. The molecule has 0 heterocycles. The fourth-order valence-electron chi connectivity index (χ4n) is 3.16. The number of aryl methyl sites for hydroxylation is 2. The molecule has 33 heavy (non-hydrogen) atoms. The van der Waals surface area contributed by atoms with Gasteiger partial charge >= 0.3 is 0 Å². The van der Waals surface area contributed by atoms with Gasteiger partial charge in [0, 0.05) is 15.8 Å². The van der Waals surface area contributed by atoms with Gasteiger partial charge in [0.15, 0.2) is 5.11 Å². The molecule has 10 heteroatoms. The van der Waals surface area contributed by atoms with Crippen molar-refractivity contribution >= 4 is 60.6 Å². The fourth-order valence-corrected chi connectivity index (χ4v) is 4.77. The summed E-state index contributed by atoms with van der Waals surface area (Å²) in [6.45, 7) is 3.80. The second-order valence-electron chi connectivity index (χ2n) is 7.26. The van der Waals surface area contributed by atoms with Crippen LogP contribution in [0.1, 0.15) is 21.5 Å².